The Hall–Kier alpha value is -2.75. The number of nitrogens with two attached hydrogens (primary N) is 1. The minimum Gasteiger partial charge on any atom is -0.489 e. The maximum absolute atomic E-state index is 14.4. The molecule has 0 aliphatic carbocycles. The second kappa shape index (κ2) is 9.38. The van der Waals surface area contributed by atoms with E-state index in [4.69, 9.17) is 36.4 Å². The van der Waals surface area contributed by atoms with E-state index < -0.39 is 11.9 Å². The van der Waals surface area contributed by atoms with Crippen LogP contribution in [0.4, 0.5) is 4.39 Å². The summed E-state index contributed by atoms with van der Waals surface area (Å²) in [4.78, 5) is 8.70. The predicted molar refractivity (Wildman–Crippen MR) is 109 cm³/mol. The van der Waals surface area contributed by atoms with Crippen LogP contribution in [0.5, 0.6) is 11.5 Å². The molecule has 0 fully saturated rings. The number of benzene rings is 1. The van der Waals surface area contributed by atoms with Crippen molar-refractivity contribution in [1.82, 2.24) is 15.1 Å². The number of hydrogen-bond donors (Lipinski definition) is 2. The van der Waals surface area contributed by atoms with Crippen LogP contribution in [0.1, 0.15) is 19.5 Å². The third-order valence-corrected chi connectivity index (χ3v) is 4.31. The van der Waals surface area contributed by atoms with Gasteiger partial charge in [-0.1, -0.05) is 16.8 Å². The summed E-state index contributed by atoms with van der Waals surface area (Å²) < 4.78 is 30.6. The highest BCUT2D eigenvalue weighted by Crippen LogP contribution is 2.33. The molecule has 3 aromatic rings. The molecule has 0 bridgehead atoms. The Morgan fingerprint density at radius 3 is 2.67 bits per heavy atom. The van der Waals surface area contributed by atoms with Gasteiger partial charge in [-0.05, 0) is 39.0 Å². The summed E-state index contributed by atoms with van der Waals surface area (Å²) >= 11 is 6.25. The van der Waals surface area contributed by atoms with E-state index in [1.807, 2.05) is 20.8 Å². The molecule has 1 aromatic carbocycles. The van der Waals surface area contributed by atoms with E-state index in [9.17, 15) is 4.39 Å². The Balaban J connectivity index is 1.84. The van der Waals surface area contributed by atoms with Crippen LogP contribution in [0.2, 0.25) is 5.02 Å². The number of pyridine rings is 1. The first kappa shape index (κ1) is 21.9. The van der Waals surface area contributed by atoms with Crippen molar-refractivity contribution in [2.75, 3.05) is 13.2 Å². The van der Waals surface area contributed by atoms with Gasteiger partial charge in [-0.15, -0.1) is 0 Å². The van der Waals surface area contributed by atoms with E-state index in [0.717, 1.165) is 6.07 Å². The maximum Gasteiger partial charge on any atom is 0.276 e. The van der Waals surface area contributed by atoms with Crippen molar-refractivity contribution in [2.45, 2.75) is 32.9 Å². The Morgan fingerprint density at radius 1 is 1.23 bits per heavy atom. The molecule has 0 saturated heterocycles. The summed E-state index contributed by atoms with van der Waals surface area (Å²) in [5.41, 5.74) is 6.92. The molecule has 160 valence electrons. The van der Waals surface area contributed by atoms with Gasteiger partial charge in [0.25, 0.3) is 5.89 Å². The molecule has 0 unspecified atom stereocenters. The fourth-order valence-electron chi connectivity index (χ4n) is 2.54. The Kier molecular flexibility index (Phi) is 6.86. The summed E-state index contributed by atoms with van der Waals surface area (Å²) in [6.45, 7) is 5.33. The molecule has 10 heteroatoms. The third kappa shape index (κ3) is 5.05. The van der Waals surface area contributed by atoms with Gasteiger partial charge in [-0.25, -0.2) is 9.37 Å². The lowest BCUT2D eigenvalue weighted by molar-refractivity contribution is 0.202. The van der Waals surface area contributed by atoms with Crippen molar-refractivity contribution in [3.8, 4) is 34.5 Å². The van der Waals surface area contributed by atoms with Crippen LogP contribution in [0.3, 0.4) is 0 Å². The van der Waals surface area contributed by atoms with Crippen LogP contribution in [-0.2, 0) is 0 Å². The first-order valence-electron chi connectivity index (χ1n) is 9.25. The number of aromatic nitrogens is 3. The van der Waals surface area contributed by atoms with E-state index in [0.29, 0.717) is 17.1 Å². The van der Waals surface area contributed by atoms with Gasteiger partial charge in [0.15, 0.2) is 11.6 Å². The van der Waals surface area contributed by atoms with Crippen LogP contribution in [-0.4, -0.2) is 45.6 Å². The van der Waals surface area contributed by atoms with Gasteiger partial charge in [0.1, 0.15) is 18.1 Å². The number of aliphatic hydroxyl groups excluding tert-OH is 1. The summed E-state index contributed by atoms with van der Waals surface area (Å²) in [5, 5.41) is 13.0. The largest absolute Gasteiger partial charge is 0.489 e. The summed E-state index contributed by atoms with van der Waals surface area (Å²) in [5.74, 6) is 0.170. The summed E-state index contributed by atoms with van der Waals surface area (Å²) in [6, 6.07) is 5.29. The predicted octanol–water partition coefficient (Wildman–Crippen LogP) is 3.39. The standard InChI is InChI=1S/C20H22ClFN4O4/c1-10(2)29-17-5-4-16(24-11(17)3)20-25-19(26-30-20)13-6-15(22)18(7-14(13)21)28-9-12(23)8-27/h4-7,10,12,27H,8-9,23H2,1-3H3/t12-/m1/s1. The second-order valence-corrected chi connectivity index (χ2v) is 7.29. The monoisotopic (exact) mass is 436 g/mol. The molecular formula is C20H22ClFN4O4. The van der Waals surface area contributed by atoms with Gasteiger partial charge in [0.2, 0.25) is 5.82 Å². The van der Waals surface area contributed by atoms with Crippen LogP contribution in [0.15, 0.2) is 28.8 Å². The van der Waals surface area contributed by atoms with Gasteiger partial charge in [-0.3, -0.25) is 0 Å². The minimum absolute atomic E-state index is 0.0229. The Labute approximate surface area is 177 Å². The minimum atomic E-state index is -0.671. The van der Waals surface area contributed by atoms with E-state index in [-0.39, 0.29) is 47.4 Å². The van der Waals surface area contributed by atoms with Crippen molar-refractivity contribution in [1.29, 1.82) is 0 Å². The molecule has 2 aromatic heterocycles. The number of rotatable bonds is 8. The van der Waals surface area contributed by atoms with E-state index in [2.05, 4.69) is 15.1 Å². The molecule has 2 heterocycles. The fourth-order valence-corrected chi connectivity index (χ4v) is 2.78. The van der Waals surface area contributed by atoms with Gasteiger partial charge >= 0.3 is 0 Å². The molecule has 30 heavy (non-hydrogen) atoms. The molecule has 0 saturated carbocycles. The van der Waals surface area contributed by atoms with Crippen molar-refractivity contribution < 1.29 is 23.5 Å². The molecule has 3 rings (SSSR count). The first-order valence-corrected chi connectivity index (χ1v) is 9.63. The van der Waals surface area contributed by atoms with Gasteiger partial charge < -0.3 is 24.8 Å². The topological polar surface area (TPSA) is 117 Å². The lowest BCUT2D eigenvalue weighted by Gasteiger charge is -2.12. The molecule has 0 spiro atoms. The normalized spacial score (nSPS) is 12.3. The smallest absolute Gasteiger partial charge is 0.276 e. The van der Waals surface area contributed by atoms with E-state index in [1.54, 1.807) is 12.1 Å². The number of aryl methyl sites for hydroxylation is 1. The Morgan fingerprint density at radius 2 is 2.00 bits per heavy atom. The average Bonchev–Trinajstić information content (AvgIpc) is 3.19. The SMILES string of the molecule is Cc1nc(-c2nc(-c3cc(F)c(OC[C@H](N)CO)cc3Cl)no2)ccc1OC(C)C. The van der Waals surface area contributed by atoms with Crippen LogP contribution in [0.25, 0.3) is 23.0 Å². The average molecular weight is 437 g/mol. The number of halogens is 2. The zero-order valence-electron chi connectivity index (χ0n) is 16.7. The third-order valence-electron chi connectivity index (χ3n) is 4.00. The fraction of sp³-hybridized carbons (Fsp3) is 0.350. The molecule has 0 amide bonds. The molecule has 0 aliphatic heterocycles. The highest BCUT2D eigenvalue weighted by molar-refractivity contribution is 6.33. The summed E-state index contributed by atoms with van der Waals surface area (Å²) in [6.07, 6.45) is 0.0229. The molecule has 8 nitrogen and oxygen atoms in total. The van der Waals surface area contributed by atoms with Gasteiger partial charge in [0, 0.05) is 11.6 Å². The van der Waals surface area contributed by atoms with Crippen molar-refractivity contribution in [3.63, 3.8) is 0 Å². The second-order valence-electron chi connectivity index (χ2n) is 6.89. The first-order chi connectivity index (χ1) is 14.3. The number of ether oxygens (including phenoxy) is 2. The van der Waals surface area contributed by atoms with Crippen molar-refractivity contribution in [3.05, 3.63) is 40.8 Å². The Bertz CT molecular complexity index is 1030. The molecule has 1 atom stereocenters. The highest BCUT2D eigenvalue weighted by Gasteiger charge is 2.19. The highest BCUT2D eigenvalue weighted by atomic mass is 35.5. The van der Waals surface area contributed by atoms with Crippen LogP contribution < -0.4 is 15.2 Å². The molecule has 0 radical (unpaired) electrons. The summed E-state index contributed by atoms with van der Waals surface area (Å²) in [7, 11) is 0. The lowest BCUT2D eigenvalue weighted by atomic mass is 10.2. The van der Waals surface area contributed by atoms with Crippen LogP contribution >= 0.6 is 11.6 Å². The molecule has 3 N–H and O–H groups in total. The maximum atomic E-state index is 14.4. The van der Waals surface area contributed by atoms with E-state index >= 15 is 0 Å². The van der Waals surface area contributed by atoms with Gasteiger partial charge in [0.05, 0.1) is 29.5 Å². The van der Waals surface area contributed by atoms with E-state index in [1.165, 1.54) is 6.07 Å². The zero-order chi connectivity index (χ0) is 21.8. The van der Waals surface area contributed by atoms with Gasteiger partial charge in [-0.2, -0.15) is 4.98 Å². The number of hydrogen-bond acceptors (Lipinski definition) is 8. The van der Waals surface area contributed by atoms with Crippen molar-refractivity contribution in [2.24, 2.45) is 5.73 Å². The quantitative estimate of drug-likeness (QED) is 0.552. The number of nitrogens with zero attached hydrogens (tertiary/aromatic N) is 3. The molecular weight excluding hydrogens is 415 g/mol. The van der Waals surface area contributed by atoms with Crippen LogP contribution in [0, 0.1) is 12.7 Å². The lowest BCUT2D eigenvalue weighted by Crippen LogP contribution is -2.31. The molecule has 0 aliphatic rings. The van der Waals surface area contributed by atoms with Crippen molar-refractivity contribution >= 4 is 11.6 Å². The number of aliphatic hydroxyl groups is 1. The zero-order valence-corrected chi connectivity index (χ0v) is 17.5.